The van der Waals surface area contributed by atoms with E-state index >= 15 is 0 Å². The molecule has 0 unspecified atom stereocenters. The van der Waals surface area contributed by atoms with Crippen LogP contribution in [0.15, 0.2) is 82.3 Å². The normalized spacial score (nSPS) is 14.9. The molecule has 8 heteroatoms. The molecule has 0 bridgehead atoms. The van der Waals surface area contributed by atoms with Crippen LogP contribution in [0.25, 0.3) is 17.0 Å². The fourth-order valence-corrected chi connectivity index (χ4v) is 5.31. The number of benzene rings is 3. The molecule has 1 fully saturated rings. The van der Waals surface area contributed by atoms with Crippen LogP contribution in [-0.4, -0.2) is 27.2 Å². The van der Waals surface area contributed by atoms with E-state index in [1.54, 1.807) is 18.2 Å². The zero-order valence-electron chi connectivity index (χ0n) is 19.4. The lowest BCUT2D eigenvalue weighted by Crippen LogP contribution is -2.27. The summed E-state index contributed by atoms with van der Waals surface area (Å²) in [5.74, 6) is 0.138. The highest BCUT2D eigenvalue weighted by atomic mass is 79.9. The molecule has 1 aromatic heterocycles. The van der Waals surface area contributed by atoms with Gasteiger partial charge in [-0.15, -0.1) is 0 Å². The summed E-state index contributed by atoms with van der Waals surface area (Å²) >= 11 is 4.45. The van der Waals surface area contributed by atoms with E-state index in [0.717, 1.165) is 44.0 Å². The van der Waals surface area contributed by atoms with Gasteiger partial charge in [0.2, 0.25) is 0 Å². The summed E-state index contributed by atoms with van der Waals surface area (Å²) < 4.78 is 22.2. The third-order valence-electron chi connectivity index (χ3n) is 5.97. The Morgan fingerprint density at radius 3 is 2.61 bits per heavy atom. The summed E-state index contributed by atoms with van der Waals surface area (Å²) in [6.07, 6.45) is 3.75. The van der Waals surface area contributed by atoms with Crippen LogP contribution in [-0.2, 0) is 17.9 Å². The van der Waals surface area contributed by atoms with Crippen LogP contribution in [0.1, 0.15) is 16.7 Å². The quantitative estimate of drug-likeness (QED) is 0.223. The molecule has 5 rings (SSSR count). The smallest absolute Gasteiger partial charge is 0.293 e. The Hall–Kier alpha value is -3.36. The predicted molar refractivity (Wildman–Crippen MR) is 144 cm³/mol. The molecule has 1 aliphatic heterocycles. The Morgan fingerprint density at radius 2 is 1.83 bits per heavy atom. The van der Waals surface area contributed by atoms with Crippen LogP contribution in [0.2, 0.25) is 0 Å². The number of ether oxygens (including phenoxy) is 1. The number of carbonyl (C=O) groups excluding carboxylic acids is 2. The van der Waals surface area contributed by atoms with Crippen molar-refractivity contribution in [2.24, 2.45) is 0 Å². The van der Waals surface area contributed by atoms with Gasteiger partial charge in [0.1, 0.15) is 18.2 Å². The number of halogens is 2. The van der Waals surface area contributed by atoms with Crippen molar-refractivity contribution in [1.82, 2.24) is 9.47 Å². The highest BCUT2D eigenvalue weighted by molar-refractivity contribution is 9.10. The van der Waals surface area contributed by atoms with Crippen molar-refractivity contribution in [3.8, 4) is 5.75 Å². The van der Waals surface area contributed by atoms with Crippen LogP contribution in [0.5, 0.6) is 5.75 Å². The average molecular weight is 565 g/mol. The van der Waals surface area contributed by atoms with Gasteiger partial charge in [0.25, 0.3) is 11.1 Å². The van der Waals surface area contributed by atoms with Crippen LogP contribution >= 0.6 is 27.7 Å². The Morgan fingerprint density at radius 1 is 1.06 bits per heavy atom. The maximum atomic E-state index is 13.2. The van der Waals surface area contributed by atoms with E-state index in [0.29, 0.717) is 23.6 Å². The number of carbonyl (C=O) groups is 2. The van der Waals surface area contributed by atoms with E-state index in [9.17, 15) is 14.0 Å². The molecule has 0 atom stereocenters. The van der Waals surface area contributed by atoms with Gasteiger partial charge in [-0.1, -0.05) is 46.3 Å². The van der Waals surface area contributed by atoms with Gasteiger partial charge < -0.3 is 9.30 Å². The molecule has 0 radical (unpaired) electrons. The number of aromatic nitrogens is 1. The van der Waals surface area contributed by atoms with Gasteiger partial charge in [0, 0.05) is 27.1 Å². The third-order valence-corrected chi connectivity index (χ3v) is 7.37. The second-order valence-electron chi connectivity index (χ2n) is 8.45. The summed E-state index contributed by atoms with van der Waals surface area (Å²) in [5.41, 5.74) is 3.61. The first kappa shape index (κ1) is 24.3. The summed E-state index contributed by atoms with van der Waals surface area (Å²) in [7, 11) is 0. The minimum atomic E-state index is -0.361. The topological polar surface area (TPSA) is 51.5 Å². The largest absolute Gasteiger partial charge is 0.491 e. The van der Waals surface area contributed by atoms with Crippen molar-refractivity contribution < 1.29 is 18.7 Å². The molecule has 0 saturated carbocycles. The maximum absolute atomic E-state index is 13.2. The van der Waals surface area contributed by atoms with Crippen molar-refractivity contribution in [3.63, 3.8) is 0 Å². The molecule has 4 aromatic rings. The first-order valence-electron chi connectivity index (χ1n) is 11.4. The number of amides is 2. The molecular formula is C28H22BrFN2O3S. The summed E-state index contributed by atoms with van der Waals surface area (Å²) in [6, 6.07) is 19.7. The molecule has 2 amide bonds. The lowest BCUT2D eigenvalue weighted by atomic mass is 10.1. The molecule has 2 heterocycles. The number of nitrogens with zero attached hydrogens (tertiary/aromatic N) is 2. The van der Waals surface area contributed by atoms with E-state index in [4.69, 9.17) is 4.74 Å². The number of hydrogen-bond donors (Lipinski definition) is 0. The fourth-order valence-electron chi connectivity index (χ4n) is 4.12. The lowest BCUT2D eigenvalue weighted by Gasteiger charge is -2.12. The first-order valence-corrected chi connectivity index (χ1v) is 13.0. The predicted octanol–water partition coefficient (Wildman–Crippen LogP) is 7.17. The highest BCUT2D eigenvalue weighted by Gasteiger charge is 2.35. The molecule has 0 spiro atoms. The summed E-state index contributed by atoms with van der Waals surface area (Å²) in [5, 5.41) is 0.623. The van der Waals surface area contributed by atoms with Gasteiger partial charge >= 0.3 is 0 Å². The zero-order chi connectivity index (χ0) is 25.2. The number of para-hydroxylation sites is 1. The molecule has 0 aliphatic carbocycles. The Kier molecular flexibility index (Phi) is 6.98. The Bertz CT molecular complexity index is 1500. The number of imide groups is 1. The number of rotatable bonds is 7. The zero-order valence-corrected chi connectivity index (χ0v) is 21.8. The average Bonchev–Trinajstić information content (AvgIpc) is 3.33. The second-order valence-corrected chi connectivity index (χ2v) is 10.4. The Labute approximate surface area is 220 Å². The number of thioether (sulfide) groups is 1. The lowest BCUT2D eigenvalue weighted by molar-refractivity contribution is -0.123. The van der Waals surface area contributed by atoms with Gasteiger partial charge in [-0.25, -0.2) is 4.39 Å². The number of fused-ring (bicyclic) bond motifs is 1. The second kappa shape index (κ2) is 10.3. The third kappa shape index (κ3) is 5.10. The molecular weight excluding hydrogens is 543 g/mol. The molecule has 0 N–H and O–H groups in total. The van der Waals surface area contributed by atoms with Gasteiger partial charge in [-0.05, 0) is 72.3 Å². The maximum Gasteiger partial charge on any atom is 0.293 e. The highest BCUT2D eigenvalue weighted by Crippen LogP contribution is 2.35. The van der Waals surface area contributed by atoms with E-state index in [-0.39, 0.29) is 23.5 Å². The van der Waals surface area contributed by atoms with Crippen molar-refractivity contribution in [2.45, 2.75) is 20.0 Å². The van der Waals surface area contributed by atoms with E-state index < -0.39 is 0 Å². The minimum Gasteiger partial charge on any atom is -0.491 e. The minimum absolute atomic E-state index is 0.103. The number of aryl methyl sites for hydroxylation is 1. The molecule has 182 valence electrons. The van der Waals surface area contributed by atoms with Crippen LogP contribution in [0, 0.1) is 12.7 Å². The fraction of sp³-hybridized carbons (Fsp3) is 0.143. The van der Waals surface area contributed by atoms with Gasteiger partial charge in [0.05, 0.1) is 18.0 Å². The molecule has 3 aromatic carbocycles. The SMILES string of the molecule is Cc1ccccc1OCCn1cc(/C=C2\SC(=O)N(Cc3ccc(F)cc3)C2=O)c2cc(Br)ccc21. The van der Waals surface area contributed by atoms with Crippen molar-refractivity contribution >= 4 is 55.8 Å². The van der Waals surface area contributed by atoms with Gasteiger partial charge in [0.15, 0.2) is 0 Å². The van der Waals surface area contributed by atoms with Crippen LogP contribution in [0.4, 0.5) is 9.18 Å². The monoisotopic (exact) mass is 564 g/mol. The Balaban J connectivity index is 1.39. The van der Waals surface area contributed by atoms with Crippen LogP contribution < -0.4 is 4.74 Å². The van der Waals surface area contributed by atoms with E-state index in [1.165, 1.54) is 17.0 Å². The van der Waals surface area contributed by atoms with E-state index in [1.807, 2.05) is 55.6 Å². The molecule has 1 saturated heterocycles. The van der Waals surface area contributed by atoms with Gasteiger partial charge in [-0.2, -0.15) is 0 Å². The molecule has 36 heavy (non-hydrogen) atoms. The van der Waals surface area contributed by atoms with Crippen molar-refractivity contribution in [1.29, 1.82) is 0 Å². The van der Waals surface area contributed by atoms with Crippen LogP contribution in [0.3, 0.4) is 0 Å². The van der Waals surface area contributed by atoms with Gasteiger partial charge in [-0.3, -0.25) is 14.5 Å². The molecule has 1 aliphatic rings. The van der Waals surface area contributed by atoms with Crippen molar-refractivity contribution in [2.75, 3.05) is 6.61 Å². The summed E-state index contributed by atoms with van der Waals surface area (Å²) in [6.45, 7) is 3.22. The summed E-state index contributed by atoms with van der Waals surface area (Å²) in [4.78, 5) is 27.2. The van der Waals surface area contributed by atoms with Crippen molar-refractivity contribution in [3.05, 3.63) is 105 Å². The number of hydrogen-bond acceptors (Lipinski definition) is 4. The van der Waals surface area contributed by atoms with E-state index in [2.05, 4.69) is 20.5 Å². The molecule has 5 nitrogen and oxygen atoms in total. The first-order chi connectivity index (χ1) is 17.4. The standard InChI is InChI=1S/C28H22BrFN2O3S/c1-18-4-2-3-5-25(18)35-13-12-31-17-20(23-15-21(29)8-11-24(23)31)14-26-27(33)32(28(34)36-26)16-19-6-9-22(30)10-7-19/h2-11,14-15,17H,12-13,16H2,1H3/b26-14-.